The van der Waals surface area contributed by atoms with E-state index >= 15 is 0 Å². The van der Waals surface area contributed by atoms with Gasteiger partial charge in [-0.25, -0.2) is 4.39 Å². The molecule has 1 nitrogen and oxygen atoms in total. The van der Waals surface area contributed by atoms with Crippen molar-refractivity contribution in [1.82, 2.24) is 0 Å². The fourth-order valence-electron chi connectivity index (χ4n) is 0.875. The molecule has 0 spiro atoms. The van der Waals surface area contributed by atoms with Crippen LogP contribution in [0.1, 0.15) is 13.8 Å². The lowest BCUT2D eigenvalue weighted by atomic mass is 10.2. The van der Waals surface area contributed by atoms with Crippen LogP contribution in [0, 0.1) is 11.7 Å². The fourth-order valence-corrected chi connectivity index (χ4v) is 1.09. The van der Waals surface area contributed by atoms with Crippen LogP contribution < -0.4 is 4.74 Å². The Balaban J connectivity index is 2.66. The number of benzene rings is 1. The molecule has 0 aliphatic heterocycles. The summed E-state index contributed by atoms with van der Waals surface area (Å²) < 4.78 is 18.1. The predicted molar refractivity (Wildman–Crippen MR) is 51.7 cm³/mol. The third kappa shape index (κ3) is 3.64. The first-order chi connectivity index (χ1) is 6.08. The van der Waals surface area contributed by atoms with Crippen molar-refractivity contribution in [2.45, 2.75) is 13.8 Å². The Kier molecular flexibility index (Phi) is 3.55. The first-order valence-electron chi connectivity index (χ1n) is 4.17. The molecule has 72 valence electrons. The van der Waals surface area contributed by atoms with E-state index in [-0.39, 0.29) is 5.82 Å². The summed E-state index contributed by atoms with van der Waals surface area (Å²) in [6.07, 6.45) is 0. The van der Waals surface area contributed by atoms with E-state index in [0.29, 0.717) is 23.3 Å². The first kappa shape index (κ1) is 10.3. The minimum Gasteiger partial charge on any atom is -0.493 e. The van der Waals surface area contributed by atoms with Gasteiger partial charge in [-0.15, -0.1) is 0 Å². The summed E-state index contributed by atoms with van der Waals surface area (Å²) in [5, 5.41) is 0.360. The van der Waals surface area contributed by atoms with Gasteiger partial charge in [0.15, 0.2) is 0 Å². The third-order valence-electron chi connectivity index (χ3n) is 1.42. The fraction of sp³-hybridized carbons (Fsp3) is 0.400. The van der Waals surface area contributed by atoms with E-state index in [0.717, 1.165) is 0 Å². The van der Waals surface area contributed by atoms with Crippen molar-refractivity contribution in [2.75, 3.05) is 6.61 Å². The maximum absolute atomic E-state index is 12.8. The van der Waals surface area contributed by atoms with Crippen LogP contribution in [-0.4, -0.2) is 6.61 Å². The Hall–Kier alpha value is -0.760. The zero-order valence-corrected chi connectivity index (χ0v) is 8.44. The SMILES string of the molecule is CC(C)COc1cc(F)cc(Cl)c1. The van der Waals surface area contributed by atoms with Gasteiger partial charge in [0.05, 0.1) is 6.61 Å². The number of hydrogen-bond acceptors (Lipinski definition) is 1. The maximum Gasteiger partial charge on any atom is 0.128 e. The molecule has 1 aromatic rings. The van der Waals surface area contributed by atoms with Crippen molar-refractivity contribution in [3.05, 3.63) is 29.0 Å². The molecule has 0 amide bonds. The van der Waals surface area contributed by atoms with Crippen molar-refractivity contribution in [2.24, 2.45) is 5.92 Å². The normalized spacial score (nSPS) is 10.5. The quantitative estimate of drug-likeness (QED) is 0.729. The molecule has 0 N–H and O–H groups in total. The van der Waals surface area contributed by atoms with Gasteiger partial charge in [0.2, 0.25) is 0 Å². The summed E-state index contributed by atoms with van der Waals surface area (Å²) in [7, 11) is 0. The maximum atomic E-state index is 12.8. The Morgan fingerprint density at radius 2 is 2.08 bits per heavy atom. The van der Waals surface area contributed by atoms with Gasteiger partial charge in [0.1, 0.15) is 11.6 Å². The number of hydrogen-bond donors (Lipinski definition) is 0. The van der Waals surface area contributed by atoms with Gasteiger partial charge >= 0.3 is 0 Å². The number of ether oxygens (including phenoxy) is 1. The third-order valence-corrected chi connectivity index (χ3v) is 1.64. The lowest BCUT2D eigenvalue weighted by molar-refractivity contribution is 0.270. The van der Waals surface area contributed by atoms with E-state index in [1.807, 2.05) is 13.8 Å². The molecule has 0 saturated carbocycles. The van der Waals surface area contributed by atoms with Crippen molar-refractivity contribution in [3.63, 3.8) is 0 Å². The topological polar surface area (TPSA) is 9.23 Å². The van der Waals surface area contributed by atoms with Crippen LogP contribution >= 0.6 is 11.6 Å². The molecular weight excluding hydrogens is 191 g/mol. The van der Waals surface area contributed by atoms with Gasteiger partial charge in [-0.05, 0) is 18.1 Å². The van der Waals surface area contributed by atoms with E-state index in [9.17, 15) is 4.39 Å². The van der Waals surface area contributed by atoms with Gasteiger partial charge < -0.3 is 4.74 Å². The van der Waals surface area contributed by atoms with Crippen LogP contribution in [0.5, 0.6) is 5.75 Å². The van der Waals surface area contributed by atoms with Gasteiger partial charge in [-0.1, -0.05) is 25.4 Å². The lowest BCUT2D eigenvalue weighted by Crippen LogP contribution is -2.04. The largest absolute Gasteiger partial charge is 0.493 e. The number of halogens is 2. The van der Waals surface area contributed by atoms with Crippen LogP contribution in [0.4, 0.5) is 4.39 Å². The Morgan fingerprint density at radius 1 is 1.38 bits per heavy atom. The molecule has 3 heteroatoms. The minimum absolute atomic E-state index is 0.360. The summed E-state index contributed by atoms with van der Waals surface area (Å²) in [5.41, 5.74) is 0. The highest BCUT2D eigenvalue weighted by molar-refractivity contribution is 6.30. The molecule has 0 aliphatic carbocycles. The van der Waals surface area contributed by atoms with Gasteiger partial charge in [0, 0.05) is 11.1 Å². The van der Waals surface area contributed by atoms with Crippen molar-refractivity contribution in [3.8, 4) is 5.75 Å². The average Bonchev–Trinajstić information content (AvgIpc) is 1.99. The van der Waals surface area contributed by atoms with Crippen LogP contribution in [0.2, 0.25) is 5.02 Å². The molecular formula is C10H12ClFO. The van der Waals surface area contributed by atoms with Crippen LogP contribution in [0.15, 0.2) is 18.2 Å². The predicted octanol–water partition coefficient (Wildman–Crippen LogP) is 3.51. The van der Waals surface area contributed by atoms with Crippen LogP contribution in [0.3, 0.4) is 0 Å². The summed E-state index contributed by atoms with van der Waals surface area (Å²) >= 11 is 5.65. The van der Waals surface area contributed by atoms with E-state index < -0.39 is 0 Å². The van der Waals surface area contributed by atoms with Crippen molar-refractivity contribution in [1.29, 1.82) is 0 Å². The molecule has 0 fully saturated rings. The zero-order chi connectivity index (χ0) is 9.84. The van der Waals surface area contributed by atoms with E-state index in [2.05, 4.69) is 0 Å². The second-order valence-corrected chi connectivity index (χ2v) is 3.75. The van der Waals surface area contributed by atoms with E-state index in [1.165, 1.54) is 12.1 Å². The first-order valence-corrected chi connectivity index (χ1v) is 4.54. The molecule has 0 radical (unpaired) electrons. The monoisotopic (exact) mass is 202 g/mol. The molecule has 0 aromatic heterocycles. The molecule has 0 unspecified atom stereocenters. The van der Waals surface area contributed by atoms with Crippen LogP contribution in [-0.2, 0) is 0 Å². The van der Waals surface area contributed by atoms with Gasteiger partial charge in [0.25, 0.3) is 0 Å². The van der Waals surface area contributed by atoms with Crippen molar-refractivity contribution >= 4 is 11.6 Å². The Morgan fingerprint density at radius 3 is 2.62 bits per heavy atom. The van der Waals surface area contributed by atoms with Crippen LogP contribution in [0.25, 0.3) is 0 Å². The second-order valence-electron chi connectivity index (χ2n) is 3.31. The highest BCUT2D eigenvalue weighted by Crippen LogP contribution is 2.20. The van der Waals surface area contributed by atoms with E-state index in [1.54, 1.807) is 6.07 Å². The summed E-state index contributed by atoms with van der Waals surface area (Å²) in [6.45, 7) is 4.63. The lowest BCUT2D eigenvalue weighted by Gasteiger charge is -2.08. The van der Waals surface area contributed by atoms with E-state index in [4.69, 9.17) is 16.3 Å². The Bertz CT molecular complexity index is 266. The van der Waals surface area contributed by atoms with Gasteiger partial charge in [-0.2, -0.15) is 0 Å². The molecule has 1 rings (SSSR count). The molecule has 0 atom stereocenters. The highest BCUT2D eigenvalue weighted by atomic mass is 35.5. The average molecular weight is 203 g/mol. The molecule has 0 bridgehead atoms. The Labute approximate surface area is 82.5 Å². The highest BCUT2D eigenvalue weighted by Gasteiger charge is 2.01. The number of rotatable bonds is 3. The molecule has 1 aromatic carbocycles. The molecule has 0 saturated heterocycles. The smallest absolute Gasteiger partial charge is 0.128 e. The summed E-state index contributed by atoms with van der Waals surface area (Å²) in [5.74, 6) is 0.534. The standard InChI is InChI=1S/C10H12ClFO/c1-7(2)6-13-10-4-8(11)3-9(12)5-10/h3-5,7H,6H2,1-2H3. The second kappa shape index (κ2) is 4.47. The zero-order valence-electron chi connectivity index (χ0n) is 7.68. The summed E-state index contributed by atoms with van der Waals surface area (Å²) in [6, 6.07) is 4.19. The molecule has 0 aliphatic rings. The van der Waals surface area contributed by atoms with Crippen molar-refractivity contribution < 1.29 is 9.13 Å². The molecule has 0 heterocycles. The van der Waals surface area contributed by atoms with Gasteiger partial charge in [-0.3, -0.25) is 0 Å². The minimum atomic E-state index is -0.369. The summed E-state index contributed by atoms with van der Waals surface area (Å²) in [4.78, 5) is 0. The molecule has 13 heavy (non-hydrogen) atoms.